The summed E-state index contributed by atoms with van der Waals surface area (Å²) in [6.45, 7) is -2.63. The van der Waals surface area contributed by atoms with Gasteiger partial charge >= 0.3 is 23.9 Å². The molecule has 0 radical (unpaired) electrons. The van der Waals surface area contributed by atoms with E-state index in [1.54, 1.807) is 54.6 Å². The minimum atomic E-state index is -3.71. The van der Waals surface area contributed by atoms with Crippen LogP contribution in [0.1, 0.15) is 11.1 Å². The number of aromatic hydroxyl groups is 1. The lowest BCUT2D eigenvalue weighted by Gasteiger charge is -2.34. The van der Waals surface area contributed by atoms with Crippen LogP contribution in [0.15, 0.2) is 95.8 Å². The van der Waals surface area contributed by atoms with Gasteiger partial charge in [0.2, 0.25) is 0 Å². The molecule has 0 saturated heterocycles. The molecule has 0 amide bonds. The average molecular weight is 747 g/mol. The molecule has 53 heavy (non-hydrogen) atoms. The van der Waals surface area contributed by atoms with E-state index >= 15 is 4.57 Å². The fraction of sp³-hybridized carbons (Fsp3) is 0.216. The summed E-state index contributed by atoms with van der Waals surface area (Å²) in [6.07, 6.45) is 4.23. The summed E-state index contributed by atoms with van der Waals surface area (Å²) in [4.78, 5) is 60.8. The maximum Gasteiger partial charge on any atom is 0.323 e. The van der Waals surface area contributed by atoms with Crippen molar-refractivity contribution < 1.29 is 63.5 Å². The number of carboxylic acid groups (broad SMARTS) is 4. The Kier molecular flexibility index (Phi) is 11.9. The molecule has 0 aromatic heterocycles. The van der Waals surface area contributed by atoms with Gasteiger partial charge in [-0.15, -0.1) is 0 Å². The largest absolute Gasteiger partial charge is 0.508 e. The Morgan fingerprint density at radius 1 is 0.736 bits per heavy atom. The number of carboxylic acids is 4. The normalized spacial score (nSPS) is 16.1. The fourth-order valence-corrected chi connectivity index (χ4v) is 9.26. The van der Waals surface area contributed by atoms with Crippen LogP contribution in [0, 0.1) is 0 Å². The van der Waals surface area contributed by atoms with E-state index in [1.807, 2.05) is 0 Å². The first-order valence-corrected chi connectivity index (χ1v) is 17.9. The molecule has 1 atom stereocenters. The number of ketones is 1. The summed E-state index contributed by atoms with van der Waals surface area (Å²) in [5.41, 5.74) is 2.07. The lowest BCUT2D eigenvalue weighted by Crippen LogP contribution is -2.37. The predicted octanol–water partition coefficient (Wildman–Crippen LogP) is 2.39. The first-order valence-electron chi connectivity index (χ1n) is 16.2. The lowest BCUT2D eigenvalue weighted by molar-refractivity contribution is -0.142. The summed E-state index contributed by atoms with van der Waals surface area (Å²) in [5, 5.41) is 48.9. The minimum absolute atomic E-state index is 0.00502. The molecule has 1 unspecified atom stereocenters. The quantitative estimate of drug-likeness (QED) is 0.0930. The average Bonchev–Trinajstić information content (AvgIpc) is 3.09. The molecule has 0 saturated carbocycles. The highest BCUT2D eigenvalue weighted by Gasteiger charge is 2.42. The number of fused-ring (bicyclic) bond motifs is 2. The van der Waals surface area contributed by atoms with Crippen LogP contribution in [0.5, 0.6) is 11.5 Å². The van der Waals surface area contributed by atoms with Crippen molar-refractivity contribution in [3.05, 3.63) is 107 Å². The molecule has 5 rings (SSSR count). The number of hydrogen-bond acceptors (Lipinski definition) is 11. The zero-order valence-electron chi connectivity index (χ0n) is 28.1. The number of allylic oxidation sites excluding steroid dienone is 5. The molecular formula is C37H35N2O13P. The van der Waals surface area contributed by atoms with E-state index in [9.17, 15) is 39.3 Å². The van der Waals surface area contributed by atoms with Gasteiger partial charge in [-0.05, 0) is 70.8 Å². The number of phenols is 1. The van der Waals surface area contributed by atoms with Crippen LogP contribution in [0.4, 0.5) is 5.69 Å². The standard InChI is InChI=1S/C37H35N2O13P/c40-24-7-9-27-31(17-24)53(50,26-4-2-1-3-5-26)32-18-25(41)8-10-28(32)37(27)23-6-11-29(39(21-35(46)47)22-36(48)49)30(16-23)52-15-14-51-13-12-38(19-33(42)43)20-34(44)45/h1-11,16-18,40H,12-15,19-22H2,(H,42,43)(H,44,45)(H,46,47)(H,48,49). The van der Waals surface area contributed by atoms with Gasteiger partial charge in [0.25, 0.3) is 0 Å². The third-order valence-electron chi connectivity index (χ3n) is 8.28. The number of hydrogen-bond donors (Lipinski definition) is 5. The van der Waals surface area contributed by atoms with E-state index in [2.05, 4.69) is 0 Å². The van der Waals surface area contributed by atoms with Crippen molar-refractivity contribution in [2.45, 2.75) is 0 Å². The number of phenolic OH excluding ortho intramolecular Hbond substituents is 1. The second-order valence-electron chi connectivity index (χ2n) is 12.0. The predicted molar refractivity (Wildman–Crippen MR) is 192 cm³/mol. The van der Waals surface area contributed by atoms with Crippen molar-refractivity contribution in [3.63, 3.8) is 0 Å². The number of carbonyl (C=O) groups is 5. The van der Waals surface area contributed by atoms with E-state index in [4.69, 9.17) is 19.7 Å². The Morgan fingerprint density at radius 2 is 1.40 bits per heavy atom. The Morgan fingerprint density at radius 3 is 2.04 bits per heavy atom. The second kappa shape index (κ2) is 16.5. The van der Waals surface area contributed by atoms with E-state index in [0.29, 0.717) is 27.6 Å². The van der Waals surface area contributed by atoms with Crippen molar-refractivity contribution in [1.29, 1.82) is 0 Å². The van der Waals surface area contributed by atoms with E-state index in [0.717, 1.165) is 4.90 Å². The highest BCUT2D eigenvalue weighted by Crippen LogP contribution is 2.61. The highest BCUT2D eigenvalue weighted by molar-refractivity contribution is 7.83. The number of anilines is 1. The van der Waals surface area contributed by atoms with E-state index in [1.165, 1.54) is 35.3 Å². The molecule has 1 aliphatic carbocycles. The van der Waals surface area contributed by atoms with Crippen LogP contribution in [-0.4, -0.2) is 113 Å². The van der Waals surface area contributed by atoms with Crippen LogP contribution in [-0.2, 0) is 33.3 Å². The maximum atomic E-state index is 15.3. The number of rotatable bonds is 18. The first kappa shape index (κ1) is 38.2. The van der Waals surface area contributed by atoms with Crippen LogP contribution in [0.25, 0.3) is 5.57 Å². The lowest BCUT2D eigenvalue weighted by atomic mass is 9.89. The summed E-state index contributed by atoms with van der Waals surface area (Å²) < 4.78 is 26.9. The summed E-state index contributed by atoms with van der Waals surface area (Å²) in [6, 6.07) is 17.8. The Balaban J connectivity index is 1.55. The van der Waals surface area contributed by atoms with Gasteiger partial charge < -0.3 is 44.5 Å². The molecule has 16 heteroatoms. The molecule has 0 fully saturated rings. The van der Waals surface area contributed by atoms with Gasteiger partial charge in [-0.1, -0.05) is 36.4 Å². The smallest absolute Gasteiger partial charge is 0.323 e. The van der Waals surface area contributed by atoms with E-state index < -0.39 is 57.2 Å². The van der Waals surface area contributed by atoms with Crippen LogP contribution >= 0.6 is 7.14 Å². The molecule has 1 aliphatic heterocycles. The summed E-state index contributed by atoms with van der Waals surface area (Å²) in [7, 11) is -3.71. The Labute approximate surface area is 302 Å². The molecule has 0 spiro atoms. The van der Waals surface area contributed by atoms with Gasteiger partial charge in [0.1, 0.15) is 31.2 Å². The maximum absolute atomic E-state index is 15.3. The molecular weight excluding hydrogens is 711 g/mol. The zero-order valence-corrected chi connectivity index (χ0v) is 29.0. The third kappa shape index (κ3) is 8.90. The number of benzene rings is 3. The van der Waals surface area contributed by atoms with Crippen molar-refractivity contribution in [2.75, 3.05) is 57.4 Å². The van der Waals surface area contributed by atoms with Gasteiger partial charge in [0.15, 0.2) is 12.9 Å². The molecule has 5 N–H and O–H groups in total. The fourth-order valence-electron chi connectivity index (χ4n) is 6.18. The van der Waals surface area contributed by atoms with Crippen molar-refractivity contribution in [3.8, 4) is 11.5 Å². The first-order chi connectivity index (χ1) is 25.3. The Bertz CT molecular complexity index is 2060. The summed E-state index contributed by atoms with van der Waals surface area (Å²) in [5.74, 6) is -5.47. The van der Waals surface area contributed by atoms with Crippen LogP contribution in [0.2, 0.25) is 0 Å². The number of carbonyl (C=O) groups excluding carboxylic acids is 1. The number of nitrogens with zero attached hydrogens (tertiary/aromatic N) is 2. The number of aliphatic carboxylic acids is 4. The van der Waals surface area contributed by atoms with Gasteiger partial charge in [-0.25, -0.2) is 0 Å². The van der Waals surface area contributed by atoms with Crippen LogP contribution in [0.3, 0.4) is 0 Å². The topological polar surface area (TPSA) is 229 Å². The molecule has 276 valence electrons. The van der Waals surface area contributed by atoms with Gasteiger partial charge in [-0.3, -0.25) is 28.9 Å². The summed E-state index contributed by atoms with van der Waals surface area (Å²) >= 11 is 0. The van der Waals surface area contributed by atoms with Crippen molar-refractivity contribution >= 4 is 58.7 Å². The Hall–Kier alpha value is -6.02. The molecule has 15 nitrogen and oxygen atoms in total. The minimum Gasteiger partial charge on any atom is -0.508 e. The molecule has 0 bridgehead atoms. The van der Waals surface area contributed by atoms with E-state index in [-0.39, 0.29) is 60.0 Å². The van der Waals surface area contributed by atoms with Gasteiger partial charge in [-0.2, -0.15) is 0 Å². The van der Waals surface area contributed by atoms with Crippen molar-refractivity contribution in [2.24, 2.45) is 0 Å². The molecule has 3 aromatic rings. The van der Waals surface area contributed by atoms with Gasteiger partial charge in [0.05, 0.1) is 32.0 Å². The third-order valence-corrected chi connectivity index (χ3v) is 11.4. The number of ether oxygens (including phenoxy) is 2. The molecule has 2 aliphatic rings. The second-order valence-corrected chi connectivity index (χ2v) is 14.7. The van der Waals surface area contributed by atoms with Crippen molar-refractivity contribution in [1.82, 2.24) is 4.90 Å². The highest BCUT2D eigenvalue weighted by atomic mass is 31.2. The molecule has 3 aromatic carbocycles. The van der Waals surface area contributed by atoms with Gasteiger partial charge in [0, 0.05) is 22.5 Å². The zero-order chi connectivity index (χ0) is 38.3. The SMILES string of the molecule is O=C1C=CC2=C(c3ccc(N(CC(=O)O)CC(=O)O)c(OCCOCCN(CC(=O)O)CC(=O)O)c3)c3ccc(O)cc3P(=O)(c3ccccc3)C2=C1. The monoisotopic (exact) mass is 746 g/mol. The molecule has 1 heterocycles. The van der Waals surface area contributed by atoms with Crippen LogP contribution < -0.4 is 20.2 Å².